The minimum absolute atomic E-state index is 0.0522. The van der Waals surface area contributed by atoms with E-state index in [1.807, 2.05) is 4.90 Å². The molecule has 0 bridgehead atoms. The van der Waals surface area contributed by atoms with Crippen LogP contribution in [0.4, 0.5) is 5.69 Å². The van der Waals surface area contributed by atoms with E-state index in [4.69, 9.17) is 4.42 Å². The lowest BCUT2D eigenvalue weighted by atomic mass is 9.91. The van der Waals surface area contributed by atoms with Gasteiger partial charge in [-0.05, 0) is 37.3 Å². The van der Waals surface area contributed by atoms with Gasteiger partial charge in [0.25, 0.3) is 11.8 Å². The van der Waals surface area contributed by atoms with Crippen molar-refractivity contribution in [1.82, 2.24) is 9.88 Å². The molecule has 1 aromatic heterocycles. The van der Waals surface area contributed by atoms with Crippen LogP contribution in [0.25, 0.3) is 0 Å². The van der Waals surface area contributed by atoms with Crippen LogP contribution in [0.3, 0.4) is 0 Å². The van der Waals surface area contributed by atoms with Gasteiger partial charge in [-0.2, -0.15) is 0 Å². The summed E-state index contributed by atoms with van der Waals surface area (Å²) in [7, 11) is 0. The molecule has 1 aliphatic heterocycles. The molecule has 25 heavy (non-hydrogen) atoms. The summed E-state index contributed by atoms with van der Waals surface area (Å²) in [6.07, 6.45) is 2.37. The maximum Gasteiger partial charge on any atom is 0.293 e. The van der Waals surface area contributed by atoms with E-state index in [9.17, 15) is 9.59 Å². The third-order valence-electron chi connectivity index (χ3n) is 4.51. The van der Waals surface area contributed by atoms with Crippen molar-refractivity contribution in [3.05, 3.63) is 47.7 Å². The molecule has 1 fully saturated rings. The molecule has 0 unspecified atom stereocenters. The van der Waals surface area contributed by atoms with Crippen molar-refractivity contribution in [3.8, 4) is 0 Å². The number of rotatable bonds is 3. The molecule has 2 heterocycles. The van der Waals surface area contributed by atoms with Crippen molar-refractivity contribution in [2.75, 3.05) is 18.4 Å². The zero-order chi connectivity index (χ0) is 18.0. The van der Waals surface area contributed by atoms with Crippen LogP contribution < -0.4 is 5.32 Å². The molecular formula is C19H23N3O3. The zero-order valence-electron chi connectivity index (χ0n) is 14.8. The maximum absolute atomic E-state index is 13.0. The Kier molecular flexibility index (Phi) is 4.88. The lowest BCUT2D eigenvalue weighted by Crippen LogP contribution is -2.42. The quantitative estimate of drug-likeness (QED) is 0.929. The summed E-state index contributed by atoms with van der Waals surface area (Å²) in [4.78, 5) is 31.2. The summed E-state index contributed by atoms with van der Waals surface area (Å²) in [5.74, 6) is 0.652. The highest BCUT2D eigenvalue weighted by Crippen LogP contribution is 2.25. The molecule has 1 saturated heterocycles. The number of amides is 2. The number of nitrogens with zero attached hydrogens (tertiary/aromatic N) is 2. The summed E-state index contributed by atoms with van der Waals surface area (Å²) >= 11 is 0. The minimum Gasteiger partial charge on any atom is -0.438 e. The summed E-state index contributed by atoms with van der Waals surface area (Å²) in [6.45, 7) is 7.51. The molecule has 6 nitrogen and oxygen atoms in total. The van der Waals surface area contributed by atoms with Crippen LogP contribution in [-0.4, -0.2) is 34.8 Å². The molecule has 0 spiro atoms. The maximum atomic E-state index is 13.0. The molecule has 2 atom stereocenters. The highest BCUT2D eigenvalue weighted by atomic mass is 16.3. The number of nitrogens with one attached hydrogen (secondary N) is 1. The van der Waals surface area contributed by atoms with Gasteiger partial charge >= 0.3 is 0 Å². The van der Waals surface area contributed by atoms with E-state index in [0.29, 0.717) is 28.8 Å². The fourth-order valence-corrected chi connectivity index (χ4v) is 3.48. The van der Waals surface area contributed by atoms with Crippen LogP contribution >= 0.6 is 0 Å². The second-order valence-electron chi connectivity index (χ2n) is 6.92. The molecule has 6 heteroatoms. The number of aromatic nitrogens is 1. The van der Waals surface area contributed by atoms with Gasteiger partial charge in [0.15, 0.2) is 6.39 Å². The second kappa shape index (κ2) is 7.09. The normalized spacial score (nSPS) is 20.4. The number of benzene rings is 1. The van der Waals surface area contributed by atoms with Crippen molar-refractivity contribution in [3.63, 3.8) is 0 Å². The number of oxazole rings is 1. The average Bonchev–Trinajstić information content (AvgIpc) is 3.00. The van der Waals surface area contributed by atoms with Crippen molar-refractivity contribution >= 4 is 17.5 Å². The van der Waals surface area contributed by atoms with Crippen molar-refractivity contribution in [1.29, 1.82) is 0 Å². The molecule has 1 aromatic carbocycles. The number of likely N-dealkylation sites (tertiary alicyclic amines) is 1. The number of para-hydroxylation sites is 1. The Morgan fingerprint density at radius 3 is 2.52 bits per heavy atom. The van der Waals surface area contributed by atoms with Crippen molar-refractivity contribution in [2.24, 2.45) is 11.8 Å². The molecule has 1 aliphatic rings. The van der Waals surface area contributed by atoms with Crippen LogP contribution in [0.15, 0.2) is 35.1 Å². The van der Waals surface area contributed by atoms with Gasteiger partial charge in [0.2, 0.25) is 5.76 Å². The Labute approximate surface area is 147 Å². The predicted octanol–water partition coefficient (Wildman–Crippen LogP) is 3.35. The summed E-state index contributed by atoms with van der Waals surface area (Å²) < 4.78 is 5.12. The van der Waals surface area contributed by atoms with E-state index in [1.165, 1.54) is 6.39 Å². The number of hydrogen-bond acceptors (Lipinski definition) is 4. The first-order valence-corrected chi connectivity index (χ1v) is 8.55. The van der Waals surface area contributed by atoms with E-state index in [-0.39, 0.29) is 11.7 Å². The van der Waals surface area contributed by atoms with Gasteiger partial charge in [-0.1, -0.05) is 26.0 Å². The molecule has 1 N–H and O–H groups in total. The number of anilines is 1. The monoisotopic (exact) mass is 341 g/mol. The van der Waals surface area contributed by atoms with Gasteiger partial charge < -0.3 is 14.6 Å². The molecule has 3 rings (SSSR count). The summed E-state index contributed by atoms with van der Waals surface area (Å²) in [5, 5.41) is 2.78. The summed E-state index contributed by atoms with van der Waals surface area (Å²) in [5.41, 5.74) is 1.49. The zero-order valence-corrected chi connectivity index (χ0v) is 14.8. The Morgan fingerprint density at radius 2 is 1.88 bits per heavy atom. The standard InChI is InChI=1S/C19H23N3O3/c1-12-8-13(2)10-22(9-12)19(24)15-6-4-5-7-16(15)21-18(23)17-14(3)20-11-25-17/h4-7,11-13H,8-10H2,1-3H3,(H,21,23)/t12-,13+. The van der Waals surface area contributed by atoms with Gasteiger partial charge in [0.1, 0.15) is 0 Å². The van der Waals surface area contributed by atoms with Gasteiger partial charge in [-0.15, -0.1) is 0 Å². The fourth-order valence-electron chi connectivity index (χ4n) is 3.48. The van der Waals surface area contributed by atoms with E-state index in [1.54, 1.807) is 31.2 Å². The lowest BCUT2D eigenvalue weighted by Gasteiger charge is -2.35. The van der Waals surface area contributed by atoms with Crippen LogP contribution in [0.5, 0.6) is 0 Å². The van der Waals surface area contributed by atoms with E-state index in [2.05, 4.69) is 24.1 Å². The minimum atomic E-state index is -0.407. The number of carbonyl (C=O) groups is 2. The van der Waals surface area contributed by atoms with Gasteiger partial charge in [0, 0.05) is 13.1 Å². The lowest BCUT2D eigenvalue weighted by molar-refractivity contribution is 0.0624. The Morgan fingerprint density at radius 1 is 1.20 bits per heavy atom. The molecular weight excluding hydrogens is 318 g/mol. The molecule has 0 radical (unpaired) electrons. The molecule has 2 amide bonds. The molecule has 2 aromatic rings. The molecule has 0 aliphatic carbocycles. The van der Waals surface area contributed by atoms with Gasteiger partial charge in [0.05, 0.1) is 16.9 Å². The first kappa shape index (κ1) is 17.2. The fraction of sp³-hybridized carbons (Fsp3) is 0.421. The first-order chi connectivity index (χ1) is 12.0. The van der Waals surface area contributed by atoms with Crippen LogP contribution in [0.2, 0.25) is 0 Å². The Balaban J connectivity index is 1.82. The highest BCUT2D eigenvalue weighted by Gasteiger charge is 2.27. The molecule has 132 valence electrons. The predicted molar refractivity (Wildman–Crippen MR) is 94.5 cm³/mol. The largest absolute Gasteiger partial charge is 0.438 e. The van der Waals surface area contributed by atoms with E-state index >= 15 is 0 Å². The van der Waals surface area contributed by atoms with Crippen molar-refractivity contribution < 1.29 is 14.0 Å². The average molecular weight is 341 g/mol. The third-order valence-corrected chi connectivity index (χ3v) is 4.51. The van der Waals surface area contributed by atoms with Gasteiger partial charge in [-0.3, -0.25) is 9.59 Å². The first-order valence-electron chi connectivity index (χ1n) is 8.55. The third kappa shape index (κ3) is 3.73. The van der Waals surface area contributed by atoms with Gasteiger partial charge in [-0.25, -0.2) is 4.98 Å². The van der Waals surface area contributed by atoms with Crippen molar-refractivity contribution in [2.45, 2.75) is 27.2 Å². The SMILES string of the molecule is Cc1ncoc1C(=O)Nc1ccccc1C(=O)N1C[C@H](C)C[C@H](C)C1. The number of carbonyl (C=O) groups excluding carboxylic acids is 2. The van der Waals surface area contributed by atoms with Crippen LogP contribution in [-0.2, 0) is 0 Å². The Bertz CT molecular complexity index is 774. The molecule has 0 saturated carbocycles. The Hall–Kier alpha value is -2.63. The summed E-state index contributed by atoms with van der Waals surface area (Å²) in [6, 6.07) is 7.07. The highest BCUT2D eigenvalue weighted by molar-refractivity contribution is 6.08. The topological polar surface area (TPSA) is 75.4 Å². The number of hydrogen-bond donors (Lipinski definition) is 1. The van der Waals surface area contributed by atoms with Crippen LogP contribution in [0.1, 0.15) is 46.9 Å². The number of aryl methyl sites for hydroxylation is 1. The van der Waals surface area contributed by atoms with Crippen LogP contribution in [0, 0.1) is 18.8 Å². The van der Waals surface area contributed by atoms with E-state index in [0.717, 1.165) is 19.5 Å². The second-order valence-corrected chi connectivity index (χ2v) is 6.92. The van der Waals surface area contributed by atoms with E-state index < -0.39 is 5.91 Å². The smallest absolute Gasteiger partial charge is 0.293 e. The number of piperidine rings is 1.